The average molecular weight is 394 g/mol. The summed E-state index contributed by atoms with van der Waals surface area (Å²) in [6, 6.07) is 14.4. The Balaban J connectivity index is 1.84. The number of methoxy groups -OCH3 is 1. The Bertz CT molecular complexity index is 1080. The normalized spacial score (nSPS) is 11.8. The smallest absolute Gasteiger partial charge is 0.295 e. The predicted octanol–water partition coefficient (Wildman–Crippen LogP) is 3.24. The number of para-hydroxylation sites is 1. The number of carbonyl (C=O) groups is 1. The van der Waals surface area contributed by atoms with Gasteiger partial charge in [-0.3, -0.25) is 14.3 Å². The van der Waals surface area contributed by atoms with E-state index in [1.54, 1.807) is 32.7 Å². The van der Waals surface area contributed by atoms with E-state index in [-0.39, 0.29) is 17.2 Å². The van der Waals surface area contributed by atoms with E-state index < -0.39 is 6.04 Å². The summed E-state index contributed by atoms with van der Waals surface area (Å²) in [5.74, 6) is 0.345. The van der Waals surface area contributed by atoms with Crippen LogP contribution in [0.25, 0.3) is 5.69 Å². The maximum atomic E-state index is 13.0. The molecule has 152 valence electrons. The maximum Gasteiger partial charge on any atom is 0.295 e. The van der Waals surface area contributed by atoms with Gasteiger partial charge in [0.05, 0.1) is 24.2 Å². The molecular weight excluding hydrogens is 368 g/mol. The average Bonchev–Trinajstić information content (AvgIpc) is 2.92. The third-order valence-corrected chi connectivity index (χ3v) is 4.92. The minimum absolute atomic E-state index is 0.270. The first-order valence-electron chi connectivity index (χ1n) is 9.39. The SMILES string of the molecule is COc1ccc(C)cc1NC(C)C(=O)Nc1c(C)n(C)n(-c2ccccc2)c1=O. The fourth-order valence-corrected chi connectivity index (χ4v) is 3.18. The number of carbonyl (C=O) groups excluding carboxylic acids is 1. The van der Waals surface area contributed by atoms with Crippen LogP contribution in [0.3, 0.4) is 0 Å². The van der Waals surface area contributed by atoms with Crippen molar-refractivity contribution in [3.8, 4) is 11.4 Å². The van der Waals surface area contributed by atoms with Crippen molar-refractivity contribution in [1.29, 1.82) is 0 Å². The van der Waals surface area contributed by atoms with Crippen LogP contribution in [0.15, 0.2) is 53.3 Å². The Kier molecular flexibility index (Phi) is 5.77. The van der Waals surface area contributed by atoms with Crippen molar-refractivity contribution in [3.05, 3.63) is 70.1 Å². The lowest BCUT2D eigenvalue weighted by Crippen LogP contribution is -2.34. The highest BCUT2D eigenvalue weighted by atomic mass is 16.5. The number of ether oxygens (including phenoxy) is 1. The van der Waals surface area contributed by atoms with Gasteiger partial charge < -0.3 is 15.4 Å². The molecule has 0 fully saturated rings. The summed E-state index contributed by atoms with van der Waals surface area (Å²) in [7, 11) is 3.37. The van der Waals surface area contributed by atoms with Crippen molar-refractivity contribution in [2.75, 3.05) is 17.7 Å². The second-order valence-corrected chi connectivity index (χ2v) is 7.00. The number of benzene rings is 2. The Morgan fingerprint density at radius 2 is 1.79 bits per heavy atom. The third-order valence-electron chi connectivity index (χ3n) is 4.92. The molecule has 2 N–H and O–H groups in total. The van der Waals surface area contributed by atoms with Gasteiger partial charge in [-0.05, 0) is 50.6 Å². The summed E-state index contributed by atoms with van der Waals surface area (Å²) in [6.45, 7) is 5.51. The lowest BCUT2D eigenvalue weighted by atomic mass is 10.2. The molecule has 1 aromatic heterocycles. The van der Waals surface area contributed by atoms with Crippen LogP contribution in [0, 0.1) is 13.8 Å². The highest BCUT2D eigenvalue weighted by Gasteiger charge is 2.21. The quantitative estimate of drug-likeness (QED) is 0.673. The van der Waals surface area contributed by atoms with Gasteiger partial charge in [0.2, 0.25) is 5.91 Å². The van der Waals surface area contributed by atoms with Crippen molar-refractivity contribution in [2.45, 2.75) is 26.8 Å². The molecule has 2 aromatic carbocycles. The second-order valence-electron chi connectivity index (χ2n) is 7.00. The first kappa shape index (κ1) is 20.3. The van der Waals surface area contributed by atoms with Crippen LogP contribution in [0.2, 0.25) is 0 Å². The lowest BCUT2D eigenvalue weighted by Gasteiger charge is -2.17. The Hall–Kier alpha value is -3.48. The van der Waals surface area contributed by atoms with Crippen LogP contribution >= 0.6 is 0 Å². The zero-order valence-corrected chi connectivity index (χ0v) is 17.3. The molecule has 3 rings (SSSR count). The molecule has 0 aliphatic carbocycles. The van der Waals surface area contributed by atoms with E-state index in [9.17, 15) is 9.59 Å². The number of aromatic nitrogens is 2. The summed E-state index contributed by atoms with van der Waals surface area (Å²) in [5.41, 5.74) is 3.18. The first-order chi connectivity index (χ1) is 13.8. The van der Waals surface area contributed by atoms with Crippen molar-refractivity contribution in [1.82, 2.24) is 9.36 Å². The molecule has 0 saturated carbocycles. The molecule has 1 unspecified atom stereocenters. The molecule has 0 aliphatic rings. The molecule has 1 amide bonds. The van der Waals surface area contributed by atoms with E-state index in [4.69, 9.17) is 4.74 Å². The van der Waals surface area contributed by atoms with Crippen LogP contribution in [-0.4, -0.2) is 28.4 Å². The minimum atomic E-state index is -0.574. The van der Waals surface area contributed by atoms with Gasteiger partial charge in [0, 0.05) is 7.05 Å². The highest BCUT2D eigenvalue weighted by molar-refractivity contribution is 5.96. The number of hydrogen-bond acceptors (Lipinski definition) is 4. The van der Waals surface area contributed by atoms with Crippen molar-refractivity contribution >= 4 is 17.3 Å². The number of hydrogen-bond donors (Lipinski definition) is 2. The van der Waals surface area contributed by atoms with E-state index in [0.29, 0.717) is 11.4 Å². The van der Waals surface area contributed by atoms with Crippen LogP contribution in [-0.2, 0) is 11.8 Å². The zero-order valence-electron chi connectivity index (χ0n) is 17.3. The standard InChI is InChI=1S/C22H26N4O3/c1-14-11-12-19(29-5)18(13-14)23-15(2)21(27)24-20-16(3)25(4)26(22(20)28)17-9-7-6-8-10-17/h6-13,15,23H,1-5H3,(H,24,27). The van der Waals surface area contributed by atoms with Crippen LogP contribution in [0.4, 0.5) is 11.4 Å². The van der Waals surface area contributed by atoms with Gasteiger partial charge in [0.15, 0.2) is 0 Å². The van der Waals surface area contributed by atoms with Crippen molar-refractivity contribution in [3.63, 3.8) is 0 Å². The molecule has 0 radical (unpaired) electrons. The van der Waals surface area contributed by atoms with E-state index in [1.165, 1.54) is 4.68 Å². The summed E-state index contributed by atoms with van der Waals surface area (Å²) in [4.78, 5) is 25.8. The molecule has 1 heterocycles. The Labute approximate surface area is 169 Å². The van der Waals surface area contributed by atoms with E-state index in [1.807, 2.05) is 55.5 Å². The monoisotopic (exact) mass is 394 g/mol. The maximum absolute atomic E-state index is 13.0. The van der Waals surface area contributed by atoms with Gasteiger partial charge in [-0.1, -0.05) is 24.3 Å². The molecule has 7 nitrogen and oxygen atoms in total. The van der Waals surface area contributed by atoms with E-state index in [2.05, 4.69) is 10.6 Å². The topological polar surface area (TPSA) is 77.3 Å². The van der Waals surface area contributed by atoms with Gasteiger partial charge in [-0.2, -0.15) is 0 Å². The Morgan fingerprint density at radius 1 is 1.10 bits per heavy atom. The zero-order chi connectivity index (χ0) is 21.1. The molecular formula is C22H26N4O3. The van der Waals surface area contributed by atoms with Gasteiger partial charge in [0.25, 0.3) is 5.56 Å². The lowest BCUT2D eigenvalue weighted by molar-refractivity contribution is -0.116. The number of aryl methyl sites for hydroxylation is 1. The molecule has 3 aromatic rings. The van der Waals surface area contributed by atoms with Gasteiger partial charge >= 0.3 is 0 Å². The minimum Gasteiger partial charge on any atom is -0.495 e. The van der Waals surface area contributed by atoms with Gasteiger partial charge in [0.1, 0.15) is 17.5 Å². The number of rotatable bonds is 6. The molecule has 1 atom stereocenters. The number of nitrogens with zero attached hydrogens (tertiary/aromatic N) is 2. The Morgan fingerprint density at radius 3 is 2.45 bits per heavy atom. The number of nitrogens with one attached hydrogen (secondary N) is 2. The summed E-state index contributed by atoms with van der Waals surface area (Å²) >= 11 is 0. The summed E-state index contributed by atoms with van der Waals surface area (Å²) < 4.78 is 8.62. The van der Waals surface area contributed by atoms with Crippen molar-refractivity contribution < 1.29 is 9.53 Å². The molecule has 0 aliphatic heterocycles. The molecule has 0 bridgehead atoms. The summed E-state index contributed by atoms with van der Waals surface area (Å²) in [6.07, 6.45) is 0. The van der Waals surface area contributed by atoms with Crippen LogP contribution < -0.4 is 20.9 Å². The molecule has 7 heteroatoms. The largest absolute Gasteiger partial charge is 0.495 e. The van der Waals surface area contributed by atoms with Gasteiger partial charge in [-0.25, -0.2) is 4.68 Å². The summed E-state index contributed by atoms with van der Waals surface area (Å²) in [5, 5.41) is 5.95. The van der Waals surface area contributed by atoms with Gasteiger partial charge in [-0.15, -0.1) is 0 Å². The van der Waals surface area contributed by atoms with Crippen molar-refractivity contribution in [2.24, 2.45) is 7.05 Å². The van der Waals surface area contributed by atoms with Crippen LogP contribution in [0.5, 0.6) is 5.75 Å². The second kappa shape index (κ2) is 8.26. The number of anilines is 2. The van der Waals surface area contributed by atoms with E-state index >= 15 is 0 Å². The first-order valence-corrected chi connectivity index (χ1v) is 9.39. The molecule has 29 heavy (non-hydrogen) atoms. The highest BCUT2D eigenvalue weighted by Crippen LogP contribution is 2.26. The van der Waals surface area contributed by atoms with Crippen LogP contribution in [0.1, 0.15) is 18.2 Å². The molecule has 0 saturated heterocycles. The third kappa shape index (κ3) is 4.03. The predicted molar refractivity (Wildman–Crippen MR) is 115 cm³/mol. The molecule has 0 spiro atoms. The number of amides is 1. The fraction of sp³-hybridized carbons (Fsp3) is 0.273. The van der Waals surface area contributed by atoms with E-state index in [0.717, 1.165) is 16.9 Å². The fourth-order valence-electron chi connectivity index (χ4n) is 3.18.